The summed E-state index contributed by atoms with van der Waals surface area (Å²) in [5.41, 5.74) is 7.50. The molecule has 0 radical (unpaired) electrons. The average molecular weight is 533 g/mol. The second kappa shape index (κ2) is 11.6. The maximum Gasteiger partial charge on any atom is 0.371 e. The van der Waals surface area contributed by atoms with Gasteiger partial charge in [-0.2, -0.15) is 0 Å². The second-order valence-corrected chi connectivity index (χ2v) is 18.6. The second-order valence-electron chi connectivity index (χ2n) is 8.68. The molecule has 0 atom stereocenters. The summed E-state index contributed by atoms with van der Waals surface area (Å²) in [6.07, 6.45) is 0. The van der Waals surface area contributed by atoms with E-state index in [1.165, 1.54) is 0 Å². The third-order valence-electron chi connectivity index (χ3n) is 6.58. The predicted octanol–water partition coefficient (Wildman–Crippen LogP) is 4.88. The van der Waals surface area contributed by atoms with Crippen LogP contribution in [-0.4, -0.2) is 25.2 Å². The van der Waals surface area contributed by atoms with E-state index >= 15 is 0 Å². The Hall–Kier alpha value is -3.59. The third kappa shape index (κ3) is 5.13. The minimum Gasteiger partial charge on any atom is -0.420 e. The molecule has 0 fully saturated rings. The van der Waals surface area contributed by atoms with Crippen LogP contribution in [0.4, 0.5) is 0 Å². The van der Waals surface area contributed by atoms with Crippen LogP contribution in [-0.2, 0) is 8.23 Å². The van der Waals surface area contributed by atoms with Gasteiger partial charge in [0.25, 0.3) is 16.6 Å². The van der Waals surface area contributed by atoms with Gasteiger partial charge < -0.3 is 8.23 Å². The zero-order valence-electron chi connectivity index (χ0n) is 21.0. The van der Waals surface area contributed by atoms with E-state index in [4.69, 9.17) is 8.23 Å². The molecule has 184 valence electrons. The fourth-order valence-corrected chi connectivity index (χ4v) is 17.6. The molecule has 0 saturated carbocycles. The molecule has 0 spiro atoms. The highest BCUT2D eigenvalue weighted by Crippen LogP contribution is 2.25. The monoisotopic (exact) mass is 532 g/mol. The Morgan fingerprint density at radius 3 is 1.03 bits per heavy atom. The van der Waals surface area contributed by atoms with Gasteiger partial charge in [-0.15, -0.1) is 26.3 Å². The van der Waals surface area contributed by atoms with Gasteiger partial charge in [0.1, 0.15) is 0 Å². The Balaban J connectivity index is 1.98. The van der Waals surface area contributed by atoms with Crippen molar-refractivity contribution in [3.63, 3.8) is 0 Å². The minimum absolute atomic E-state index is 1.05. The molecule has 37 heavy (non-hydrogen) atoms. The third-order valence-corrected chi connectivity index (χ3v) is 18.7. The minimum atomic E-state index is -3.28. The van der Waals surface area contributed by atoms with E-state index in [1.54, 1.807) is 0 Å². The zero-order valence-corrected chi connectivity index (χ0v) is 24.0. The van der Waals surface area contributed by atoms with Crippen LogP contribution < -0.4 is 20.7 Å². The normalized spacial score (nSPS) is 11.9. The fraction of sp³-hybridized carbons (Fsp3) is 0. The molecular weight excluding hydrogens is 501 g/mol. The Morgan fingerprint density at radius 1 is 0.405 bits per heavy atom. The molecule has 4 rings (SSSR count). The van der Waals surface area contributed by atoms with Crippen molar-refractivity contribution in [3.05, 3.63) is 170 Å². The van der Waals surface area contributed by atoms with Crippen molar-refractivity contribution < 1.29 is 8.23 Å². The van der Waals surface area contributed by atoms with Crippen LogP contribution >= 0.6 is 0 Å². The highest BCUT2D eigenvalue weighted by Gasteiger charge is 2.51. The van der Waals surface area contributed by atoms with Crippen LogP contribution in [0.25, 0.3) is 0 Å². The SMILES string of the molecule is C=C[Si](C=C)(O[Si](C=C)(C=C)c1ccccc1)O[Si](c1ccccc1)(c1ccccc1)c1ccccc1. The number of benzene rings is 4. The van der Waals surface area contributed by atoms with E-state index in [0.717, 1.165) is 20.7 Å². The predicted molar refractivity (Wildman–Crippen MR) is 165 cm³/mol. The average Bonchev–Trinajstić information content (AvgIpc) is 3.00. The summed E-state index contributed by atoms with van der Waals surface area (Å²) in [6, 6.07) is 41.5. The van der Waals surface area contributed by atoms with Gasteiger partial charge in [-0.05, 0) is 32.1 Å². The number of hydrogen-bond donors (Lipinski definition) is 0. The highest BCUT2D eigenvalue weighted by atomic mass is 28.5. The van der Waals surface area contributed by atoms with Crippen molar-refractivity contribution in [2.45, 2.75) is 0 Å². The molecule has 0 heterocycles. The van der Waals surface area contributed by atoms with Crippen molar-refractivity contribution >= 4 is 45.9 Å². The first-order valence-electron chi connectivity index (χ1n) is 12.2. The molecule has 2 nitrogen and oxygen atoms in total. The zero-order chi connectivity index (χ0) is 26.2. The van der Waals surface area contributed by atoms with Crippen LogP contribution in [0.2, 0.25) is 0 Å². The van der Waals surface area contributed by atoms with Crippen molar-refractivity contribution in [2.24, 2.45) is 0 Å². The Morgan fingerprint density at radius 2 is 0.730 bits per heavy atom. The first-order chi connectivity index (χ1) is 18.1. The quantitative estimate of drug-likeness (QED) is 0.191. The van der Waals surface area contributed by atoms with Gasteiger partial charge >= 0.3 is 8.56 Å². The molecule has 5 heteroatoms. The Kier molecular flexibility index (Phi) is 8.33. The number of rotatable bonds is 12. The maximum atomic E-state index is 7.52. The summed E-state index contributed by atoms with van der Waals surface area (Å²) >= 11 is 0. The summed E-state index contributed by atoms with van der Waals surface area (Å²) in [4.78, 5) is 0. The molecule has 0 aliphatic carbocycles. The lowest BCUT2D eigenvalue weighted by Crippen LogP contribution is -2.74. The molecule has 0 aliphatic heterocycles. The molecule has 0 N–H and O–H groups in total. The van der Waals surface area contributed by atoms with Crippen molar-refractivity contribution in [2.75, 3.05) is 0 Å². The Bertz CT molecular complexity index is 1230. The lowest BCUT2D eigenvalue weighted by Gasteiger charge is -2.43. The molecule has 0 amide bonds. The van der Waals surface area contributed by atoms with Gasteiger partial charge in [0, 0.05) is 0 Å². The van der Waals surface area contributed by atoms with Crippen LogP contribution in [0.3, 0.4) is 0 Å². The van der Waals surface area contributed by atoms with Crippen LogP contribution in [0.5, 0.6) is 0 Å². The largest absolute Gasteiger partial charge is 0.420 e. The lowest BCUT2D eigenvalue weighted by molar-refractivity contribution is 0.426. The molecule has 0 aliphatic rings. The first kappa shape index (κ1) is 26.5. The van der Waals surface area contributed by atoms with Gasteiger partial charge in [-0.25, -0.2) is 0 Å². The number of hydrogen-bond acceptors (Lipinski definition) is 2. The van der Waals surface area contributed by atoms with E-state index in [9.17, 15) is 0 Å². The van der Waals surface area contributed by atoms with Gasteiger partial charge in [0.15, 0.2) is 0 Å². The summed E-state index contributed by atoms with van der Waals surface area (Å²) in [7, 11) is -9.21. The lowest BCUT2D eigenvalue weighted by atomic mass is 10.3. The smallest absolute Gasteiger partial charge is 0.371 e. The van der Waals surface area contributed by atoms with E-state index in [1.807, 2.05) is 59.2 Å². The van der Waals surface area contributed by atoms with Crippen LogP contribution in [0, 0.1) is 0 Å². The van der Waals surface area contributed by atoms with E-state index in [0.29, 0.717) is 0 Å². The van der Waals surface area contributed by atoms with E-state index in [-0.39, 0.29) is 0 Å². The van der Waals surface area contributed by atoms with Gasteiger partial charge in [-0.1, -0.05) is 133 Å². The molecule has 4 aromatic rings. The van der Waals surface area contributed by atoms with Crippen LogP contribution in [0.15, 0.2) is 170 Å². The van der Waals surface area contributed by atoms with Crippen molar-refractivity contribution in [1.82, 2.24) is 0 Å². The van der Waals surface area contributed by atoms with Crippen molar-refractivity contribution in [3.8, 4) is 0 Å². The van der Waals surface area contributed by atoms with E-state index in [2.05, 4.69) is 111 Å². The van der Waals surface area contributed by atoms with Gasteiger partial charge in [0.05, 0.1) is 0 Å². The summed E-state index contributed by atoms with van der Waals surface area (Å²) in [5, 5.41) is 4.43. The Labute approximate surface area is 224 Å². The van der Waals surface area contributed by atoms with Crippen molar-refractivity contribution in [1.29, 1.82) is 0 Å². The molecule has 4 aromatic carbocycles. The molecule has 0 saturated heterocycles. The highest BCUT2D eigenvalue weighted by molar-refractivity contribution is 7.12. The summed E-state index contributed by atoms with van der Waals surface area (Å²) < 4.78 is 14.7. The standard InChI is InChI=1S/C32H32O2Si3/c1-5-35(6-2,29-21-13-9-14-22-29)33-36(7-3,8-4)34-37(30-23-15-10-16-24-30,31-25-17-11-18-26-31)32-27-19-12-20-28-32/h5-28H,1-4H2. The molecular formula is C32H32O2Si3. The van der Waals surface area contributed by atoms with Gasteiger partial charge in [0.2, 0.25) is 0 Å². The first-order valence-corrected chi connectivity index (χ1v) is 18.2. The maximum absolute atomic E-state index is 7.52. The fourth-order valence-electron chi connectivity index (χ4n) is 4.63. The topological polar surface area (TPSA) is 18.5 Å². The van der Waals surface area contributed by atoms with E-state index < -0.39 is 25.2 Å². The van der Waals surface area contributed by atoms with Crippen LogP contribution in [0.1, 0.15) is 0 Å². The molecule has 0 bridgehead atoms. The molecule has 0 unspecified atom stereocenters. The summed E-state index contributed by atoms with van der Waals surface area (Å²) in [5.74, 6) is 0. The summed E-state index contributed by atoms with van der Waals surface area (Å²) in [6.45, 7) is 16.8. The molecule has 0 aromatic heterocycles. The van der Waals surface area contributed by atoms with Gasteiger partial charge in [-0.3, -0.25) is 0 Å².